The molecular weight excluding hydrogens is 162 g/mol. The number of likely N-dealkylation sites (N-methyl/N-ethyl adjacent to an activating group) is 1. The van der Waals surface area contributed by atoms with Crippen LogP contribution in [-0.2, 0) is 11.2 Å². The van der Waals surface area contributed by atoms with Gasteiger partial charge in [-0.1, -0.05) is 37.3 Å². The molecule has 2 nitrogen and oxygen atoms in total. The Morgan fingerprint density at radius 2 is 2.08 bits per heavy atom. The summed E-state index contributed by atoms with van der Waals surface area (Å²) in [7, 11) is 0. The van der Waals surface area contributed by atoms with Gasteiger partial charge in [-0.2, -0.15) is 0 Å². The van der Waals surface area contributed by atoms with Crippen LogP contribution < -0.4 is 5.32 Å². The van der Waals surface area contributed by atoms with Crippen LogP contribution in [0, 0.1) is 0 Å². The molecule has 1 fully saturated rings. The van der Waals surface area contributed by atoms with E-state index in [2.05, 4.69) is 36.5 Å². The quantitative estimate of drug-likeness (QED) is 0.706. The lowest BCUT2D eigenvalue weighted by Crippen LogP contribution is -2.34. The third-order valence-corrected chi connectivity index (χ3v) is 2.32. The Labute approximate surface area is 78.9 Å². The summed E-state index contributed by atoms with van der Waals surface area (Å²) in [6.45, 7) is 3.91. The monoisotopic (exact) mass is 177 g/mol. The van der Waals surface area contributed by atoms with Crippen LogP contribution in [0.1, 0.15) is 12.5 Å². The van der Waals surface area contributed by atoms with Gasteiger partial charge in [-0.15, -0.1) is 0 Å². The van der Waals surface area contributed by atoms with E-state index in [0.29, 0.717) is 0 Å². The first kappa shape index (κ1) is 8.73. The van der Waals surface area contributed by atoms with E-state index >= 15 is 0 Å². The van der Waals surface area contributed by atoms with Gasteiger partial charge in [-0.05, 0) is 12.1 Å². The van der Waals surface area contributed by atoms with E-state index in [1.165, 1.54) is 5.56 Å². The van der Waals surface area contributed by atoms with Crippen molar-refractivity contribution in [3.8, 4) is 0 Å². The van der Waals surface area contributed by atoms with Crippen LogP contribution in [0.4, 0.5) is 0 Å². The summed E-state index contributed by atoms with van der Waals surface area (Å²) < 4.78 is 5.43. The lowest BCUT2D eigenvalue weighted by molar-refractivity contribution is 0.258. The second-order valence-corrected chi connectivity index (χ2v) is 3.48. The third-order valence-electron chi connectivity index (χ3n) is 2.32. The molecule has 1 aromatic rings. The standard InChI is InChI=1S/C11H15NO/c1-2-12-11(9-13-11)8-10-6-4-3-5-7-10/h3-7,12H,2,8-9H2,1H3. The van der Waals surface area contributed by atoms with Gasteiger partial charge in [-0.3, -0.25) is 5.32 Å². The SMILES string of the molecule is CCNC1(Cc2ccccc2)CO1. The summed E-state index contributed by atoms with van der Waals surface area (Å²) >= 11 is 0. The predicted octanol–water partition coefficient (Wildman–Crippen LogP) is 1.57. The lowest BCUT2D eigenvalue weighted by Gasteiger charge is -2.11. The number of ether oxygens (including phenoxy) is 1. The summed E-state index contributed by atoms with van der Waals surface area (Å²) in [6.07, 6.45) is 0.974. The molecule has 13 heavy (non-hydrogen) atoms. The Bertz CT molecular complexity index is 267. The van der Waals surface area contributed by atoms with Gasteiger partial charge in [0.25, 0.3) is 0 Å². The molecule has 0 saturated carbocycles. The van der Waals surface area contributed by atoms with Crippen LogP contribution in [-0.4, -0.2) is 18.9 Å². The number of hydrogen-bond acceptors (Lipinski definition) is 2. The Morgan fingerprint density at radius 1 is 1.38 bits per heavy atom. The summed E-state index contributed by atoms with van der Waals surface area (Å²) in [6, 6.07) is 10.5. The molecule has 0 aromatic heterocycles. The van der Waals surface area contributed by atoms with E-state index in [0.717, 1.165) is 19.6 Å². The first-order valence-corrected chi connectivity index (χ1v) is 4.77. The molecule has 1 unspecified atom stereocenters. The van der Waals surface area contributed by atoms with Crippen molar-refractivity contribution >= 4 is 0 Å². The maximum absolute atomic E-state index is 5.43. The van der Waals surface area contributed by atoms with Crippen molar-refractivity contribution in [2.24, 2.45) is 0 Å². The Hall–Kier alpha value is -0.860. The summed E-state index contributed by atoms with van der Waals surface area (Å²) in [4.78, 5) is 0. The molecule has 70 valence electrons. The van der Waals surface area contributed by atoms with Crippen molar-refractivity contribution in [2.75, 3.05) is 13.2 Å². The molecule has 0 radical (unpaired) electrons. The number of nitrogens with one attached hydrogen (secondary N) is 1. The van der Waals surface area contributed by atoms with Crippen LogP contribution in [0.3, 0.4) is 0 Å². The molecule has 0 amide bonds. The maximum atomic E-state index is 5.43. The van der Waals surface area contributed by atoms with E-state index in [9.17, 15) is 0 Å². The Morgan fingerprint density at radius 3 is 2.62 bits per heavy atom. The molecule has 1 heterocycles. The molecule has 1 aliphatic heterocycles. The van der Waals surface area contributed by atoms with Crippen molar-refractivity contribution in [2.45, 2.75) is 19.1 Å². The number of hydrogen-bond donors (Lipinski definition) is 1. The maximum Gasteiger partial charge on any atom is 0.147 e. The van der Waals surface area contributed by atoms with Crippen LogP contribution in [0.5, 0.6) is 0 Å². The van der Waals surface area contributed by atoms with Crippen molar-refractivity contribution in [1.29, 1.82) is 0 Å². The third kappa shape index (κ3) is 2.08. The van der Waals surface area contributed by atoms with E-state index in [4.69, 9.17) is 4.74 Å². The highest BCUT2D eigenvalue weighted by Crippen LogP contribution is 2.27. The molecule has 0 aliphatic carbocycles. The number of rotatable bonds is 4. The van der Waals surface area contributed by atoms with Crippen molar-refractivity contribution < 1.29 is 4.74 Å². The summed E-state index contributed by atoms with van der Waals surface area (Å²) in [5.74, 6) is 0. The fraction of sp³-hybridized carbons (Fsp3) is 0.455. The van der Waals surface area contributed by atoms with Gasteiger partial charge in [-0.25, -0.2) is 0 Å². The highest BCUT2D eigenvalue weighted by molar-refractivity contribution is 5.18. The summed E-state index contributed by atoms with van der Waals surface area (Å²) in [5, 5.41) is 3.36. The van der Waals surface area contributed by atoms with Crippen LogP contribution in [0.25, 0.3) is 0 Å². The minimum atomic E-state index is -0.0455. The summed E-state index contributed by atoms with van der Waals surface area (Å²) in [5.41, 5.74) is 1.29. The van der Waals surface area contributed by atoms with Gasteiger partial charge in [0.05, 0.1) is 6.61 Å². The van der Waals surface area contributed by atoms with E-state index < -0.39 is 0 Å². The molecule has 1 saturated heterocycles. The Balaban J connectivity index is 1.98. The largest absolute Gasteiger partial charge is 0.353 e. The molecule has 0 spiro atoms. The van der Waals surface area contributed by atoms with Gasteiger partial charge in [0, 0.05) is 6.42 Å². The zero-order chi connectivity index (χ0) is 9.15. The molecular formula is C11H15NO. The first-order valence-electron chi connectivity index (χ1n) is 4.77. The number of epoxide rings is 1. The van der Waals surface area contributed by atoms with Crippen LogP contribution in [0.15, 0.2) is 30.3 Å². The highest BCUT2D eigenvalue weighted by Gasteiger charge is 2.43. The second kappa shape index (κ2) is 3.48. The predicted molar refractivity (Wildman–Crippen MR) is 52.5 cm³/mol. The minimum Gasteiger partial charge on any atom is -0.353 e. The zero-order valence-corrected chi connectivity index (χ0v) is 7.92. The van der Waals surface area contributed by atoms with Crippen LogP contribution in [0.2, 0.25) is 0 Å². The van der Waals surface area contributed by atoms with Gasteiger partial charge in [0.1, 0.15) is 5.72 Å². The molecule has 2 rings (SSSR count). The topological polar surface area (TPSA) is 24.6 Å². The Kier molecular flexibility index (Phi) is 2.34. The first-order chi connectivity index (χ1) is 6.35. The normalized spacial score (nSPS) is 25.9. The van der Waals surface area contributed by atoms with Gasteiger partial charge < -0.3 is 4.74 Å². The second-order valence-electron chi connectivity index (χ2n) is 3.48. The molecule has 1 aliphatic rings. The average molecular weight is 177 g/mol. The highest BCUT2D eigenvalue weighted by atomic mass is 16.6. The van der Waals surface area contributed by atoms with Crippen molar-refractivity contribution in [1.82, 2.24) is 5.32 Å². The molecule has 1 aromatic carbocycles. The fourth-order valence-corrected chi connectivity index (χ4v) is 1.60. The van der Waals surface area contributed by atoms with Gasteiger partial charge in [0.2, 0.25) is 0 Å². The minimum absolute atomic E-state index is 0.0455. The van der Waals surface area contributed by atoms with Crippen molar-refractivity contribution in [3.63, 3.8) is 0 Å². The van der Waals surface area contributed by atoms with E-state index in [1.54, 1.807) is 0 Å². The van der Waals surface area contributed by atoms with E-state index in [-0.39, 0.29) is 5.72 Å². The smallest absolute Gasteiger partial charge is 0.147 e. The molecule has 1 N–H and O–H groups in total. The van der Waals surface area contributed by atoms with Gasteiger partial charge in [0.15, 0.2) is 0 Å². The van der Waals surface area contributed by atoms with E-state index in [1.807, 2.05) is 6.07 Å². The molecule has 0 bridgehead atoms. The van der Waals surface area contributed by atoms with Crippen LogP contribution >= 0.6 is 0 Å². The molecule has 2 heteroatoms. The molecule has 1 atom stereocenters. The lowest BCUT2D eigenvalue weighted by atomic mass is 10.1. The fourth-order valence-electron chi connectivity index (χ4n) is 1.60. The average Bonchev–Trinajstić information content (AvgIpc) is 2.87. The zero-order valence-electron chi connectivity index (χ0n) is 7.92. The van der Waals surface area contributed by atoms with Gasteiger partial charge >= 0.3 is 0 Å². The van der Waals surface area contributed by atoms with Crippen molar-refractivity contribution in [3.05, 3.63) is 35.9 Å². The number of benzene rings is 1.